The zero-order valence-electron chi connectivity index (χ0n) is 20.9. The molecule has 2 amide bonds. The number of amides is 2. The molecule has 196 valence electrons. The molecule has 35 heavy (non-hydrogen) atoms. The first kappa shape index (κ1) is 27.0. The van der Waals surface area contributed by atoms with Crippen LogP contribution in [0.25, 0.3) is 0 Å². The van der Waals surface area contributed by atoms with Gasteiger partial charge in [0.15, 0.2) is 0 Å². The summed E-state index contributed by atoms with van der Waals surface area (Å²) in [4.78, 5) is 33.4. The molecule has 2 atom stereocenters. The fraction of sp³-hybridized carbons (Fsp3) is 0.708. The molecule has 0 bridgehead atoms. The second-order valence-electron chi connectivity index (χ2n) is 10.9. The van der Waals surface area contributed by atoms with Gasteiger partial charge in [-0.2, -0.15) is 13.2 Å². The van der Waals surface area contributed by atoms with Crippen molar-refractivity contribution in [3.63, 3.8) is 0 Å². The summed E-state index contributed by atoms with van der Waals surface area (Å²) >= 11 is 0. The summed E-state index contributed by atoms with van der Waals surface area (Å²) in [6, 6.07) is 1.62. The van der Waals surface area contributed by atoms with Crippen LogP contribution < -0.4 is 10.2 Å². The molecule has 1 aromatic heterocycles. The van der Waals surface area contributed by atoms with Crippen LogP contribution in [-0.4, -0.2) is 70.4 Å². The number of nitrogens with one attached hydrogen (secondary N) is 1. The summed E-state index contributed by atoms with van der Waals surface area (Å²) < 4.78 is 44.5. The highest BCUT2D eigenvalue weighted by molar-refractivity contribution is 5.85. The molecule has 0 unspecified atom stereocenters. The van der Waals surface area contributed by atoms with E-state index in [1.165, 1.54) is 0 Å². The summed E-state index contributed by atoms with van der Waals surface area (Å²) in [6.07, 6.45) is -2.71. The number of ether oxygens (including phenoxy) is 1. The summed E-state index contributed by atoms with van der Waals surface area (Å²) in [5, 5.41) is 13.8. The molecule has 2 heterocycles. The lowest BCUT2D eigenvalue weighted by molar-refractivity contribution is -0.158. The van der Waals surface area contributed by atoms with Crippen LogP contribution in [0, 0.1) is 5.41 Å². The Morgan fingerprint density at radius 3 is 2.31 bits per heavy atom. The second kappa shape index (κ2) is 9.48. The number of hydrogen-bond acceptors (Lipinski definition) is 6. The Morgan fingerprint density at radius 1 is 1.14 bits per heavy atom. The van der Waals surface area contributed by atoms with Gasteiger partial charge >= 0.3 is 12.3 Å². The van der Waals surface area contributed by atoms with E-state index in [-0.39, 0.29) is 24.2 Å². The maximum Gasteiger partial charge on any atom is 0.416 e. The average Bonchev–Trinajstić information content (AvgIpc) is 3.16. The van der Waals surface area contributed by atoms with Gasteiger partial charge in [0.25, 0.3) is 0 Å². The number of piperazine rings is 1. The fourth-order valence-electron chi connectivity index (χ4n) is 4.86. The van der Waals surface area contributed by atoms with Crippen molar-refractivity contribution < 1.29 is 32.6 Å². The van der Waals surface area contributed by atoms with Crippen molar-refractivity contribution in [2.75, 3.05) is 31.1 Å². The molecule has 1 aliphatic carbocycles. The minimum absolute atomic E-state index is 0.213. The number of anilines is 1. The van der Waals surface area contributed by atoms with E-state index >= 15 is 0 Å². The summed E-state index contributed by atoms with van der Waals surface area (Å²) in [6.45, 7) is 9.72. The Balaban J connectivity index is 1.68. The monoisotopic (exact) mass is 500 g/mol. The molecule has 2 N–H and O–H groups in total. The van der Waals surface area contributed by atoms with Gasteiger partial charge in [0, 0.05) is 38.4 Å². The van der Waals surface area contributed by atoms with E-state index in [1.54, 1.807) is 44.4 Å². The number of aromatic nitrogens is 1. The normalized spacial score (nSPS) is 23.9. The minimum atomic E-state index is -4.46. The number of rotatable bonds is 4. The highest BCUT2D eigenvalue weighted by Gasteiger charge is 2.56. The molecule has 2 fully saturated rings. The van der Waals surface area contributed by atoms with Crippen LogP contribution in [-0.2, 0) is 15.7 Å². The van der Waals surface area contributed by atoms with E-state index in [4.69, 9.17) is 4.74 Å². The lowest BCUT2D eigenvalue weighted by Gasteiger charge is -2.45. The van der Waals surface area contributed by atoms with Crippen LogP contribution in [0.4, 0.5) is 23.8 Å². The Hall–Kier alpha value is -2.56. The number of halogens is 3. The molecule has 1 saturated carbocycles. The van der Waals surface area contributed by atoms with E-state index < -0.39 is 34.5 Å². The Bertz CT molecular complexity index is 934. The number of pyridine rings is 1. The predicted molar refractivity (Wildman–Crippen MR) is 124 cm³/mol. The van der Waals surface area contributed by atoms with Gasteiger partial charge in [0.1, 0.15) is 11.4 Å². The molecule has 2 aliphatic rings. The first-order valence-electron chi connectivity index (χ1n) is 11.8. The first-order valence-corrected chi connectivity index (χ1v) is 11.8. The lowest BCUT2D eigenvalue weighted by atomic mass is 9.70. The van der Waals surface area contributed by atoms with Crippen LogP contribution in [0.3, 0.4) is 0 Å². The fourth-order valence-corrected chi connectivity index (χ4v) is 4.86. The summed E-state index contributed by atoms with van der Waals surface area (Å²) in [7, 11) is 0. The van der Waals surface area contributed by atoms with E-state index in [0.29, 0.717) is 39.0 Å². The van der Waals surface area contributed by atoms with E-state index in [1.807, 2.05) is 0 Å². The number of aliphatic hydroxyl groups is 1. The smallest absolute Gasteiger partial charge is 0.416 e. The van der Waals surface area contributed by atoms with Gasteiger partial charge < -0.3 is 25.0 Å². The van der Waals surface area contributed by atoms with Gasteiger partial charge in [0.2, 0.25) is 5.91 Å². The van der Waals surface area contributed by atoms with Crippen molar-refractivity contribution in [1.29, 1.82) is 0 Å². The van der Waals surface area contributed by atoms with Gasteiger partial charge in [-0.1, -0.05) is 0 Å². The Morgan fingerprint density at radius 2 is 1.77 bits per heavy atom. The molecule has 11 heteroatoms. The molecule has 1 saturated heterocycles. The standard InChI is InChI=1S/C24H35F3N4O4/c1-21(2,3)35-20(33)29-17-6-8-23(15-17,22(4,5)34)19(32)31-12-10-30(11-13-31)18-14-16(7-9-28-18)24(25,26)27/h7,9,14,17,34H,6,8,10-13,15H2,1-5H3,(H,29,33)/t17-,23-/m1/s1. The molecular weight excluding hydrogens is 465 g/mol. The molecule has 0 aromatic carbocycles. The largest absolute Gasteiger partial charge is 0.444 e. The number of nitrogens with zero attached hydrogens (tertiary/aromatic N) is 3. The van der Waals surface area contributed by atoms with Crippen LogP contribution in [0.1, 0.15) is 59.4 Å². The van der Waals surface area contributed by atoms with Crippen molar-refractivity contribution in [2.24, 2.45) is 5.41 Å². The first-order chi connectivity index (χ1) is 16.0. The van der Waals surface area contributed by atoms with Gasteiger partial charge in [-0.3, -0.25) is 4.79 Å². The number of hydrogen-bond donors (Lipinski definition) is 2. The van der Waals surface area contributed by atoms with Crippen molar-refractivity contribution >= 4 is 17.8 Å². The molecule has 3 rings (SSSR count). The van der Waals surface area contributed by atoms with Crippen LogP contribution in [0.2, 0.25) is 0 Å². The average molecular weight is 501 g/mol. The SMILES string of the molecule is CC(C)(C)OC(=O)N[C@@H]1CC[C@@](C(=O)N2CCN(c3cc(C(F)(F)F)ccn3)CC2)(C(C)(C)O)C1. The van der Waals surface area contributed by atoms with Gasteiger partial charge in [-0.15, -0.1) is 0 Å². The van der Waals surface area contributed by atoms with E-state index in [2.05, 4.69) is 10.3 Å². The molecule has 0 radical (unpaired) electrons. The second-order valence-corrected chi connectivity index (χ2v) is 10.9. The minimum Gasteiger partial charge on any atom is -0.444 e. The van der Waals surface area contributed by atoms with E-state index in [0.717, 1.165) is 18.3 Å². The third-order valence-electron chi connectivity index (χ3n) is 6.78. The number of carbonyl (C=O) groups is 2. The van der Waals surface area contributed by atoms with Gasteiger partial charge in [-0.25, -0.2) is 9.78 Å². The van der Waals surface area contributed by atoms with Gasteiger partial charge in [0.05, 0.1) is 16.6 Å². The lowest BCUT2D eigenvalue weighted by Crippen LogP contribution is -2.58. The number of alkyl carbamates (subject to hydrolysis) is 1. The van der Waals surface area contributed by atoms with Crippen molar-refractivity contribution in [3.8, 4) is 0 Å². The summed E-state index contributed by atoms with van der Waals surface area (Å²) in [5.41, 5.74) is -3.85. The van der Waals surface area contributed by atoms with E-state index in [9.17, 15) is 27.9 Å². The Labute approximate surface area is 203 Å². The molecule has 1 aliphatic heterocycles. The maximum absolute atomic E-state index is 13.7. The Kier molecular flexibility index (Phi) is 7.32. The predicted octanol–water partition coefficient (Wildman–Crippen LogP) is 3.58. The van der Waals surface area contributed by atoms with Crippen molar-refractivity contribution in [2.45, 2.75) is 77.3 Å². The van der Waals surface area contributed by atoms with Gasteiger partial charge in [-0.05, 0) is 66.0 Å². The quantitative estimate of drug-likeness (QED) is 0.656. The zero-order chi connectivity index (χ0) is 26.2. The van der Waals surface area contributed by atoms with Crippen LogP contribution in [0.15, 0.2) is 18.3 Å². The molecule has 0 spiro atoms. The summed E-state index contributed by atoms with van der Waals surface area (Å²) in [5.74, 6) is 0.00163. The maximum atomic E-state index is 13.7. The van der Waals surface area contributed by atoms with Crippen molar-refractivity contribution in [3.05, 3.63) is 23.9 Å². The molecule has 8 nitrogen and oxygen atoms in total. The molecular formula is C24H35F3N4O4. The zero-order valence-corrected chi connectivity index (χ0v) is 20.9. The van der Waals surface area contributed by atoms with Crippen LogP contribution >= 0.6 is 0 Å². The highest BCUT2D eigenvalue weighted by Crippen LogP contribution is 2.48. The highest BCUT2D eigenvalue weighted by atomic mass is 19.4. The van der Waals surface area contributed by atoms with Crippen molar-refractivity contribution in [1.82, 2.24) is 15.2 Å². The third kappa shape index (κ3) is 6.17. The third-order valence-corrected chi connectivity index (χ3v) is 6.78. The molecule has 1 aromatic rings. The topological polar surface area (TPSA) is 95.0 Å². The van der Waals surface area contributed by atoms with Crippen LogP contribution in [0.5, 0.6) is 0 Å². The number of alkyl halides is 3. The number of carbonyl (C=O) groups excluding carboxylic acids is 2.